The number of hydrogen-bond donors (Lipinski definition) is 1. The number of nitrogens with one attached hydrogen (secondary N) is 1. The van der Waals surface area contributed by atoms with Gasteiger partial charge in [0.1, 0.15) is 0 Å². The molecule has 2 aliphatic rings. The molecule has 0 aliphatic carbocycles. The number of nitrogens with zero attached hydrogens (tertiary/aromatic N) is 1. The summed E-state index contributed by atoms with van der Waals surface area (Å²) in [5, 5.41) is 3.67. The Balaban J connectivity index is 1.95. The van der Waals surface area contributed by atoms with Gasteiger partial charge in [-0.15, -0.1) is 0 Å². The minimum absolute atomic E-state index is 0.429. The number of ether oxygens (including phenoxy) is 1. The van der Waals surface area contributed by atoms with Gasteiger partial charge in [0.2, 0.25) is 0 Å². The third-order valence-electron chi connectivity index (χ3n) is 4.48. The minimum Gasteiger partial charge on any atom is -0.381 e. The van der Waals surface area contributed by atoms with E-state index in [0.29, 0.717) is 11.5 Å². The van der Waals surface area contributed by atoms with Crippen molar-refractivity contribution in [2.24, 2.45) is 5.41 Å². The molecule has 1 atom stereocenters. The zero-order valence-electron chi connectivity index (χ0n) is 12.8. The van der Waals surface area contributed by atoms with E-state index < -0.39 is 0 Å². The van der Waals surface area contributed by atoms with Crippen LogP contribution in [-0.4, -0.2) is 61.3 Å². The Bertz CT molecular complexity index is 267. The van der Waals surface area contributed by atoms with Crippen LogP contribution in [0.5, 0.6) is 0 Å². The summed E-state index contributed by atoms with van der Waals surface area (Å²) in [6.45, 7) is 12.4. The maximum absolute atomic E-state index is 5.60. The average molecular weight is 286 g/mol. The van der Waals surface area contributed by atoms with Gasteiger partial charge in [-0.1, -0.05) is 13.8 Å². The van der Waals surface area contributed by atoms with E-state index in [9.17, 15) is 0 Å². The second-order valence-electron chi connectivity index (χ2n) is 6.54. The summed E-state index contributed by atoms with van der Waals surface area (Å²) in [5.74, 6) is 2.60. The fourth-order valence-electron chi connectivity index (χ4n) is 3.04. The van der Waals surface area contributed by atoms with Crippen molar-refractivity contribution in [3.8, 4) is 0 Å². The molecule has 1 N–H and O–H groups in total. The first-order valence-corrected chi connectivity index (χ1v) is 8.90. The SMILES string of the molecule is CC(C)NCC1(CN2CCSCC2C)CCOCC1. The van der Waals surface area contributed by atoms with Gasteiger partial charge in [-0.3, -0.25) is 4.90 Å². The molecule has 2 saturated heterocycles. The fraction of sp³-hybridized carbons (Fsp3) is 1.00. The van der Waals surface area contributed by atoms with Gasteiger partial charge >= 0.3 is 0 Å². The Labute approximate surface area is 122 Å². The molecule has 0 bridgehead atoms. The zero-order chi connectivity index (χ0) is 13.7. The Kier molecular flexibility index (Phi) is 6.00. The molecule has 2 rings (SSSR count). The zero-order valence-corrected chi connectivity index (χ0v) is 13.6. The van der Waals surface area contributed by atoms with Crippen molar-refractivity contribution in [2.45, 2.75) is 45.7 Å². The standard InChI is InChI=1S/C15H30N2OS/c1-13(2)16-11-15(4-7-18-8-5-15)12-17-6-9-19-10-14(17)3/h13-14,16H,4-12H2,1-3H3. The van der Waals surface area contributed by atoms with Gasteiger partial charge in [0, 0.05) is 56.4 Å². The van der Waals surface area contributed by atoms with Crippen molar-refractivity contribution in [1.82, 2.24) is 10.2 Å². The summed E-state index contributed by atoms with van der Waals surface area (Å²) in [7, 11) is 0. The highest BCUT2D eigenvalue weighted by Crippen LogP contribution is 2.33. The van der Waals surface area contributed by atoms with E-state index in [1.165, 1.54) is 37.4 Å². The molecule has 0 radical (unpaired) electrons. The lowest BCUT2D eigenvalue weighted by Crippen LogP contribution is -2.52. The first kappa shape index (κ1) is 15.6. The summed E-state index contributed by atoms with van der Waals surface area (Å²) in [6.07, 6.45) is 2.42. The molecule has 0 aromatic carbocycles. The highest BCUT2D eigenvalue weighted by atomic mass is 32.2. The first-order valence-electron chi connectivity index (χ1n) is 7.74. The van der Waals surface area contributed by atoms with Crippen LogP contribution in [0.2, 0.25) is 0 Å². The third kappa shape index (κ3) is 4.62. The lowest BCUT2D eigenvalue weighted by atomic mass is 9.79. The Hall–Kier alpha value is 0.230. The van der Waals surface area contributed by atoms with Crippen molar-refractivity contribution in [3.05, 3.63) is 0 Å². The molecule has 1 unspecified atom stereocenters. The van der Waals surface area contributed by atoms with Crippen LogP contribution in [0, 0.1) is 5.41 Å². The van der Waals surface area contributed by atoms with Gasteiger partial charge in [-0.05, 0) is 25.2 Å². The molecule has 2 fully saturated rings. The van der Waals surface area contributed by atoms with Gasteiger partial charge < -0.3 is 10.1 Å². The van der Waals surface area contributed by atoms with Crippen LogP contribution in [0.15, 0.2) is 0 Å². The monoisotopic (exact) mass is 286 g/mol. The largest absolute Gasteiger partial charge is 0.381 e. The smallest absolute Gasteiger partial charge is 0.0472 e. The quantitative estimate of drug-likeness (QED) is 0.837. The van der Waals surface area contributed by atoms with Gasteiger partial charge in [0.05, 0.1) is 0 Å². The van der Waals surface area contributed by atoms with E-state index in [1.54, 1.807) is 0 Å². The predicted molar refractivity (Wildman–Crippen MR) is 84.0 cm³/mol. The Morgan fingerprint density at radius 3 is 2.74 bits per heavy atom. The predicted octanol–water partition coefficient (Wildman–Crippen LogP) is 2.22. The molecular formula is C15H30N2OS. The van der Waals surface area contributed by atoms with Crippen molar-refractivity contribution in [3.63, 3.8) is 0 Å². The van der Waals surface area contributed by atoms with Crippen LogP contribution in [-0.2, 0) is 4.74 Å². The molecule has 0 saturated carbocycles. The summed E-state index contributed by atoms with van der Waals surface area (Å²) >= 11 is 2.10. The summed E-state index contributed by atoms with van der Waals surface area (Å²) in [5.41, 5.74) is 0.429. The van der Waals surface area contributed by atoms with E-state index in [2.05, 4.69) is 42.7 Å². The molecule has 112 valence electrons. The normalized spacial score (nSPS) is 28.7. The lowest BCUT2D eigenvalue weighted by molar-refractivity contribution is -0.00936. The van der Waals surface area contributed by atoms with E-state index >= 15 is 0 Å². The molecule has 3 nitrogen and oxygen atoms in total. The highest BCUT2D eigenvalue weighted by Gasteiger charge is 2.36. The van der Waals surface area contributed by atoms with Crippen molar-refractivity contribution in [2.75, 3.05) is 44.4 Å². The minimum atomic E-state index is 0.429. The number of hydrogen-bond acceptors (Lipinski definition) is 4. The van der Waals surface area contributed by atoms with E-state index in [1.807, 2.05) is 0 Å². The Morgan fingerprint density at radius 2 is 2.11 bits per heavy atom. The van der Waals surface area contributed by atoms with Crippen molar-refractivity contribution < 1.29 is 4.74 Å². The van der Waals surface area contributed by atoms with Crippen molar-refractivity contribution in [1.29, 1.82) is 0 Å². The topological polar surface area (TPSA) is 24.5 Å². The number of rotatable bonds is 5. The molecule has 0 amide bonds. The fourth-order valence-corrected chi connectivity index (χ4v) is 4.13. The van der Waals surface area contributed by atoms with E-state index in [4.69, 9.17) is 4.74 Å². The molecule has 2 heterocycles. The van der Waals surface area contributed by atoms with Crippen LogP contribution in [0.1, 0.15) is 33.6 Å². The van der Waals surface area contributed by atoms with Crippen LogP contribution in [0.3, 0.4) is 0 Å². The van der Waals surface area contributed by atoms with Crippen LogP contribution >= 0.6 is 11.8 Å². The van der Waals surface area contributed by atoms with E-state index in [0.717, 1.165) is 25.8 Å². The molecule has 4 heteroatoms. The van der Waals surface area contributed by atoms with Gasteiger partial charge in [-0.2, -0.15) is 11.8 Å². The summed E-state index contributed by atoms with van der Waals surface area (Å²) in [4.78, 5) is 2.71. The second kappa shape index (κ2) is 7.30. The maximum atomic E-state index is 5.60. The van der Waals surface area contributed by atoms with Crippen LogP contribution < -0.4 is 5.32 Å². The van der Waals surface area contributed by atoms with Gasteiger partial charge in [0.25, 0.3) is 0 Å². The lowest BCUT2D eigenvalue weighted by Gasteiger charge is -2.44. The molecule has 0 aromatic heterocycles. The van der Waals surface area contributed by atoms with Crippen LogP contribution in [0.4, 0.5) is 0 Å². The highest BCUT2D eigenvalue weighted by molar-refractivity contribution is 7.99. The maximum Gasteiger partial charge on any atom is 0.0472 e. The summed E-state index contributed by atoms with van der Waals surface area (Å²) in [6, 6.07) is 1.31. The third-order valence-corrected chi connectivity index (χ3v) is 5.67. The molecule has 19 heavy (non-hydrogen) atoms. The first-order chi connectivity index (χ1) is 9.11. The molecular weight excluding hydrogens is 256 g/mol. The summed E-state index contributed by atoms with van der Waals surface area (Å²) < 4.78 is 5.60. The number of thioether (sulfide) groups is 1. The van der Waals surface area contributed by atoms with Gasteiger partial charge in [-0.25, -0.2) is 0 Å². The van der Waals surface area contributed by atoms with Crippen LogP contribution in [0.25, 0.3) is 0 Å². The Morgan fingerprint density at radius 1 is 1.37 bits per heavy atom. The van der Waals surface area contributed by atoms with E-state index in [-0.39, 0.29) is 0 Å². The molecule has 0 spiro atoms. The molecule has 2 aliphatic heterocycles. The molecule has 0 aromatic rings. The van der Waals surface area contributed by atoms with Gasteiger partial charge in [0.15, 0.2) is 0 Å². The van der Waals surface area contributed by atoms with Crippen molar-refractivity contribution >= 4 is 11.8 Å². The average Bonchev–Trinajstić information content (AvgIpc) is 2.41. The second-order valence-corrected chi connectivity index (χ2v) is 7.69.